The van der Waals surface area contributed by atoms with Gasteiger partial charge in [0.2, 0.25) is 5.95 Å². The van der Waals surface area contributed by atoms with Crippen LogP contribution in [-0.4, -0.2) is 38.5 Å². The molecule has 1 aliphatic carbocycles. The number of nitrogens with zero attached hydrogens (tertiary/aromatic N) is 4. The molecule has 9 heteroatoms. The van der Waals surface area contributed by atoms with Gasteiger partial charge in [-0.15, -0.1) is 0 Å². The van der Waals surface area contributed by atoms with E-state index in [2.05, 4.69) is 42.0 Å². The fraction of sp³-hybridized carbons (Fsp3) is 0.524. The molecule has 0 aromatic carbocycles. The highest BCUT2D eigenvalue weighted by Gasteiger charge is 2.21. The minimum absolute atomic E-state index is 0.0817. The number of aromatic amines is 1. The van der Waals surface area contributed by atoms with Crippen LogP contribution in [0.4, 0.5) is 17.6 Å². The number of anilines is 3. The van der Waals surface area contributed by atoms with Crippen molar-refractivity contribution in [2.75, 3.05) is 23.8 Å². The number of nitrogens with one attached hydrogen (secondary N) is 3. The normalized spacial score (nSPS) is 19.4. The fourth-order valence-corrected chi connectivity index (χ4v) is 4.19. The quantitative estimate of drug-likeness (QED) is 0.510. The van der Waals surface area contributed by atoms with Crippen LogP contribution in [0.25, 0.3) is 0 Å². The maximum absolute atomic E-state index is 5.65. The van der Waals surface area contributed by atoms with Crippen molar-refractivity contribution < 1.29 is 9.26 Å². The van der Waals surface area contributed by atoms with Gasteiger partial charge in [0, 0.05) is 43.8 Å². The van der Waals surface area contributed by atoms with Gasteiger partial charge < -0.3 is 19.9 Å². The van der Waals surface area contributed by atoms with E-state index in [0.29, 0.717) is 24.8 Å². The third-order valence-corrected chi connectivity index (χ3v) is 5.78. The molecule has 3 aromatic heterocycles. The van der Waals surface area contributed by atoms with Gasteiger partial charge in [-0.25, -0.2) is 4.98 Å². The molecule has 2 aliphatic rings. The van der Waals surface area contributed by atoms with Crippen LogP contribution >= 0.6 is 0 Å². The van der Waals surface area contributed by atoms with E-state index in [1.807, 2.05) is 12.1 Å². The zero-order valence-electron chi connectivity index (χ0n) is 16.9. The second-order valence-corrected chi connectivity index (χ2v) is 7.97. The Kier molecular flexibility index (Phi) is 5.60. The molecule has 1 saturated carbocycles. The van der Waals surface area contributed by atoms with Crippen molar-refractivity contribution in [2.45, 2.75) is 57.0 Å². The topological polar surface area (TPSA) is 114 Å². The van der Waals surface area contributed by atoms with E-state index in [4.69, 9.17) is 9.26 Å². The van der Waals surface area contributed by atoms with E-state index in [0.717, 1.165) is 48.2 Å². The van der Waals surface area contributed by atoms with E-state index in [9.17, 15) is 0 Å². The lowest BCUT2D eigenvalue weighted by Gasteiger charge is -2.06. The highest BCUT2D eigenvalue weighted by Crippen LogP contribution is 2.34. The first-order chi connectivity index (χ1) is 14.8. The number of rotatable bonds is 8. The van der Waals surface area contributed by atoms with Crippen LogP contribution in [0.2, 0.25) is 0 Å². The molecule has 2 fully saturated rings. The van der Waals surface area contributed by atoms with Gasteiger partial charge in [0.15, 0.2) is 0 Å². The summed E-state index contributed by atoms with van der Waals surface area (Å²) in [6, 6.07) is 5.91. The van der Waals surface area contributed by atoms with Crippen molar-refractivity contribution in [3.05, 3.63) is 41.5 Å². The van der Waals surface area contributed by atoms with Gasteiger partial charge in [-0.3, -0.25) is 5.10 Å². The average molecular weight is 409 g/mol. The van der Waals surface area contributed by atoms with Crippen LogP contribution in [0.5, 0.6) is 0 Å². The molecule has 158 valence electrons. The molecule has 9 nitrogen and oxygen atoms in total. The van der Waals surface area contributed by atoms with Gasteiger partial charge in [0.25, 0.3) is 0 Å². The van der Waals surface area contributed by atoms with Gasteiger partial charge in [-0.1, -0.05) is 18.0 Å². The second-order valence-electron chi connectivity index (χ2n) is 7.97. The molecule has 1 saturated heterocycles. The maximum atomic E-state index is 5.65. The zero-order valence-corrected chi connectivity index (χ0v) is 16.9. The van der Waals surface area contributed by atoms with Crippen LogP contribution in [0.3, 0.4) is 0 Å². The number of H-pyrrole nitrogens is 1. The van der Waals surface area contributed by atoms with Crippen molar-refractivity contribution >= 4 is 17.6 Å². The van der Waals surface area contributed by atoms with E-state index in [1.54, 1.807) is 6.20 Å². The molecule has 30 heavy (non-hydrogen) atoms. The van der Waals surface area contributed by atoms with Crippen LogP contribution in [0.15, 0.2) is 28.9 Å². The SMILES string of the molecule is c1cc(Nc2cc(C3CCCC3)n[nH]2)nc(NCCc2cc(C3CCCO3)no2)n1. The van der Waals surface area contributed by atoms with Gasteiger partial charge in [0.1, 0.15) is 29.2 Å². The lowest BCUT2D eigenvalue weighted by molar-refractivity contribution is 0.105. The lowest BCUT2D eigenvalue weighted by Crippen LogP contribution is -2.08. The Morgan fingerprint density at radius 2 is 2.03 bits per heavy atom. The second kappa shape index (κ2) is 8.83. The van der Waals surface area contributed by atoms with Gasteiger partial charge in [-0.05, 0) is 31.7 Å². The molecule has 5 rings (SSSR count). The molecular formula is C21H27N7O2. The summed E-state index contributed by atoms with van der Waals surface area (Å²) in [6.07, 6.45) is 9.65. The van der Waals surface area contributed by atoms with Gasteiger partial charge in [0.05, 0.1) is 5.69 Å². The minimum atomic E-state index is 0.0817. The van der Waals surface area contributed by atoms with E-state index >= 15 is 0 Å². The molecule has 4 heterocycles. The monoisotopic (exact) mass is 409 g/mol. The van der Waals surface area contributed by atoms with Crippen molar-refractivity contribution in [3.8, 4) is 0 Å². The standard InChI is InChI=1S/C21H27N7O2/c1-2-5-14(4-1)16-13-20(27-26-16)24-19-8-10-23-21(25-19)22-9-7-15-12-17(28-30-15)18-6-3-11-29-18/h8,10,12-14,18H,1-7,9,11H2,(H3,22,23,24,25,26,27). The van der Waals surface area contributed by atoms with E-state index in [-0.39, 0.29) is 6.10 Å². The molecule has 0 amide bonds. The Morgan fingerprint density at radius 1 is 1.10 bits per heavy atom. The third kappa shape index (κ3) is 4.46. The Hall–Kier alpha value is -2.94. The fourth-order valence-electron chi connectivity index (χ4n) is 4.19. The largest absolute Gasteiger partial charge is 0.372 e. The summed E-state index contributed by atoms with van der Waals surface area (Å²) in [5.41, 5.74) is 2.03. The Bertz CT molecular complexity index is 958. The summed E-state index contributed by atoms with van der Waals surface area (Å²) < 4.78 is 11.1. The summed E-state index contributed by atoms with van der Waals surface area (Å²) in [5.74, 6) is 3.55. The van der Waals surface area contributed by atoms with Gasteiger partial charge >= 0.3 is 0 Å². The van der Waals surface area contributed by atoms with E-state index in [1.165, 1.54) is 25.7 Å². The number of hydrogen-bond acceptors (Lipinski definition) is 8. The summed E-state index contributed by atoms with van der Waals surface area (Å²) in [4.78, 5) is 8.82. The van der Waals surface area contributed by atoms with Gasteiger partial charge in [-0.2, -0.15) is 10.1 Å². The van der Waals surface area contributed by atoms with Crippen LogP contribution in [0.1, 0.15) is 67.7 Å². The highest BCUT2D eigenvalue weighted by atomic mass is 16.5. The third-order valence-electron chi connectivity index (χ3n) is 5.78. The molecule has 3 aromatic rings. The Morgan fingerprint density at radius 3 is 2.90 bits per heavy atom. The summed E-state index contributed by atoms with van der Waals surface area (Å²) >= 11 is 0. The average Bonchev–Trinajstić information content (AvgIpc) is 3.55. The predicted molar refractivity (Wildman–Crippen MR) is 112 cm³/mol. The molecular weight excluding hydrogens is 382 g/mol. The van der Waals surface area contributed by atoms with Crippen LogP contribution in [0, 0.1) is 0 Å². The predicted octanol–water partition coefficient (Wildman–Crippen LogP) is 4.10. The van der Waals surface area contributed by atoms with Crippen molar-refractivity contribution in [2.24, 2.45) is 0 Å². The smallest absolute Gasteiger partial charge is 0.224 e. The Balaban J connectivity index is 1.13. The van der Waals surface area contributed by atoms with Crippen molar-refractivity contribution in [1.82, 2.24) is 25.3 Å². The number of ether oxygens (including phenoxy) is 1. The first-order valence-electron chi connectivity index (χ1n) is 10.8. The number of hydrogen-bond donors (Lipinski definition) is 3. The molecule has 3 N–H and O–H groups in total. The summed E-state index contributed by atoms with van der Waals surface area (Å²) in [5, 5.41) is 18.2. The van der Waals surface area contributed by atoms with E-state index < -0.39 is 0 Å². The molecule has 0 radical (unpaired) electrons. The van der Waals surface area contributed by atoms with Crippen molar-refractivity contribution in [3.63, 3.8) is 0 Å². The van der Waals surface area contributed by atoms with Crippen molar-refractivity contribution in [1.29, 1.82) is 0 Å². The minimum Gasteiger partial charge on any atom is -0.372 e. The first-order valence-corrected chi connectivity index (χ1v) is 10.8. The van der Waals surface area contributed by atoms with Crippen LogP contribution < -0.4 is 10.6 Å². The van der Waals surface area contributed by atoms with Crippen LogP contribution in [-0.2, 0) is 11.2 Å². The molecule has 1 unspecified atom stereocenters. The molecule has 1 aliphatic heterocycles. The molecule has 0 spiro atoms. The molecule has 1 atom stereocenters. The zero-order chi connectivity index (χ0) is 20.2. The lowest BCUT2D eigenvalue weighted by atomic mass is 10.0. The number of aromatic nitrogens is 5. The Labute approximate surface area is 175 Å². The maximum Gasteiger partial charge on any atom is 0.224 e. The highest BCUT2D eigenvalue weighted by molar-refractivity contribution is 5.53. The summed E-state index contributed by atoms with van der Waals surface area (Å²) in [7, 11) is 0. The first kappa shape index (κ1) is 19.0. The molecule has 0 bridgehead atoms. The summed E-state index contributed by atoms with van der Waals surface area (Å²) in [6.45, 7) is 1.45.